The van der Waals surface area contributed by atoms with Crippen LogP contribution in [0.1, 0.15) is 24.8 Å². The minimum Gasteiger partial charge on any atom is -0.396 e. The highest BCUT2D eigenvalue weighted by molar-refractivity contribution is 7.18. The summed E-state index contributed by atoms with van der Waals surface area (Å²) >= 11 is 1.73. The van der Waals surface area contributed by atoms with Gasteiger partial charge in [-0.3, -0.25) is 0 Å². The second kappa shape index (κ2) is 5.43. The maximum atomic E-state index is 9.11. The van der Waals surface area contributed by atoms with Gasteiger partial charge in [0.25, 0.3) is 0 Å². The first-order valence-corrected chi connectivity index (χ1v) is 7.72. The molecule has 0 radical (unpaired) electrons. The third kappa shape index (κ3) is 2.44. The summed E-state index contributed by atoms with van der Waals surface area (Å²) in [6, 6.07) is 0. The van der Waals surface area contributed by atoms with Crippen molar-refractivity contribution in [1.29, 1.82) is 0 Å². The molecule has 1 fully saturated rings. The van der Waals surface area contributed by atoms with E-state index >= 15 is 0 Å². The summed E-state index contributed by atoms with van der Waals surface area (Å²) < 4.78 is 1.20. The summed E-state index contributed by atoms with van der Waals surface area (Å²) in [4.78, 5) is 11.3. The van der Waals surface area contributed by atoms with Crippen LogP contribution >= 0.6 is 11.3 Å². The Morgan fingerprint density at radius 2 is 2.37 bits per heavy atom. The molecule has 19 heavy (non-hydrogen) atoms. The van der Waals surface area contributed by atoms with Crippen molar-refractivity contribution < 1.29 is 5.11 Å². The Balaban J connectivity index is 1.91. The van der Waals surface area contributed by atoms with Crippen molar-refractivity contribution in [1.82, 2.24) is 9.97 Å². The van der Waals surface area contributed by atoms with Crippen LogP contribution in [0.5, 0.6) is 0 Å². The van der Waals surface area contributed by atoms with Crippen molar-refractivity contribution in [2.75, 3.05) is 24.6 Å². The molecule has 1 unspecified atom stereocenters. The fourth-order valence-corrected chi connectivity index (χ4v) is 3.88. The molecule has 1 aliphatic rings. The topological polar surface area (TPSA) is 49.2 Å². The molecule has 1 N–H and O–H groups in total. The summed E-state index contributed by atoms with van der Waals surface area (Å²) in [6.45, 7) is 4.45. The molecular weight excluding hydrogens is 258 g/mol. The number of aryl methyl sites for hydroxylation is 1. The lowest BCUT2D eigenvalue weighted by Crippen LogP contribution is -2.36. The van der Waals surface area contributed by atoms with Crippen LogP contribution in [0.2, 0.25) is 0 Å². The van der Waals surface area contributed by atoms with Gasteiger partial charge in [0, 0.05) is 19.7 Å². The highest BCUT2D eigenvalue weighted by Crippen LogP contribution is 2.33. The lowest BCUT2D eigenvalue weighted by molar-refractivity contribution is 0.244. The van der Waals surface area contributed by atoms with Crippen molar-refractivity contribution in [2.45, 2.75) is 26.2 Å². The fraction of sp³-hybridized carbons (Fsp3) is 0.571. The van der Waals surface area contributed by atoms with Gasteiger partial charge in [0.1, 0.15) is 12.1 Å². The van der Waals surface area contributed by atoms with Crippen molar-refractivity contribution in [3.8, 4) is 0 Å². The summed E-state index contributed by atoms with van der Waals surface area (Å²) in [7, 11) is 0. The Morgan fingerprint density at radius 3 is 3.21 bits per heavy atom. The highest BCUT2D eigenvalue weighted by atomic mass is 32.1. The molecule has 0 bridgehead atoms. The smallest absolute Gasteiger partial charge is 0.150 e. The number of anilines is 1. The van der Waals surface area contributed by atoms with Gasteiger partial charge in [0.2, 0.25) is 0 Å². The molecule has 3 rings (SSSR count). The number of nitrogens with zero attached hydrogens (tertiary/aromatic N) is 3. The lowest BCUT2D eigenvalue weighted by Gasteiger charge is -2.33. The Bertz CT molecular complexity index is 567. The molecule has 3 heterocycles. The molecule has 0 spiro atoms. The number of rotatable bonds is 3. The first-order valence-electron chi connectivity index (χ1n) is 6.84. The van der Waals surface area contributed by atoms with Gasteiger partial charge >= 0.3 is 0 Å². The molecule has 0 saturated carbocycles. The lowest BCUT2D eigenvalue weighted by atomic mass is 9.95. The number of piperidine rings is 1. The van der Waals surface area contributed by atoms with Crippen LogP contribution in [0, 0.1) is 12.8 Å². The van der Waals surface area contributed by atoms with E-state index in [0.717, 1.165) is 30.8 Å². The first kappa shape index (κ1) is 12.8. The number of hydrogen-bond donors (Lipinski definition) is 1. The van der Waals surface area contributed by atoms with Crippen LogP contribution in [0.4, 0.5) is 5.82 Å². The normalized spacial score (nSPS) is 20.1. The van der Waals surface area contributed by atoms with Crippen LogP contribution in [0.3, 0.4) is 0 Å². The highest BCUT2D eigenvalue weighted by Gasteiger charge is 2.22. The van der Waals surface area contributed by atoms with E-state index in [4.69, 9.17) is 5.11 Å². The van der Waals surface area contributed by atoms with E-state index in [9.17, 15) is 0 Å². The first-order chi connectivity index (χ1) is 9.29. The minimum atomic E-state index is 0.288. The number of aliphatic hydroxyl groups excluding tert-OH is 1. The van der Waals surface area contributed by atoms with Crippen LogP contribution < -0.4 is 4.90 Å². The van der Waals surface area contributed by atoms with Crippen molar-refractivity contribution in [2.24, 2.45) is 5.92 Å². The molecule has 1 atom stereocenters. The number of thiophene rings is 1. The average molecular weight is 277 g/mol. The van der Waals surface area contributed by atoms with Gasteiger partial charge in [0.05, 0.1) is 10.2 Å². The van der Waals surface area contributed by atoms with E-state index in [1.807, 2.05) is 0 Å². The zero-order valence-corrected chi connectivity index (χ0v) is 12.0. The summed E-state index contributed by atoms with van der Waals surface area (Å²) in [6.07, 6.45) is 4.97. The molecule has 5 heteroatoms. The van der Waals surface area contributed by atoms with E-state index in [0.29, 0.717) is 5.92 Å². The molecule has 102 valence electrons. The zero-order chi connectivity index (χ0) is 13.2. The van der Waals surface area contributed by atoms with Gasteiger partial charge in [-0.15, -0.1) is 11.3 Å². The predicted octanol–water partition coefficient (Wildman–Crippen LogP) is 2.60. The molecule has 0 aliphatic carbocycles. The molecule has 1 aliphatic heterocycles. The van der Waals surface area contributed by atoms with Gasteiger partial charge in [-0.05, 0) is 43.0 Å². The van der Waals surface area contributed by atoms with E-state index in [2.05, 4.69) is 27.2 Å². The van der Waals surface area contributed by atoms with Crippen molar-refractivity contribution in [3.63, 3.8) is 0 Å². The predicted molar refractivity (Wildman–Crippen MR) is 78.8 cm³/mol. The SMILES string of the molecule is Cc1csc2c(N3CCCC(CCO)C3)ncnc12. The molecular formula is C14H19N3OS. The maximum Gasteiger partial charge on any atom is 0.150 e. The maximum absolute atomic E-state index is 9.11. The molecule has 2 aromatic rings. The standard InChI is InChI=1S/C14H19N3OS/c1-10-8-19-13-12(10)15-9-16-14(13)17-5-2-3-11(7-17)4-6-18/h8-9,11,18H,2-7H2,1H3. The molecule has 2 aromatic heterocycles. The van der Waals surface area contributed by atoms with Crippen LogP contribution in [-0.2, 0) is 0 Å². The number of aliphatic hydroxyl groups is 1. The Kier molecular flexibility index (Phi) is 3.66. The van der Waals surface area contributed by atoms with Gasteiger partial charge in [-0.2, -0.15) is 0 Å². The number of aromatic nitrogens is 2. The Morgan fingerprint density at radius 1 is 1.47 bits per heavy atom. The van der Waals surface area contributed by atoms with Crippen molar-refractivity contribution >= 4 is 27.4 Å². The third-order valence-electron chi connectivity index (χ3n) is 3.87. The third-order valence-corrected chi connectivity index (χ3v) is 4.95. The Labute approximate surface area is 117 Å². The second-order valence-electron chi connectivity index (χ2n) is 5.26. The number of fused-ring (bicyclic) bond motifs is 1. The van der Waals surface area contributed by atoms with Crippen LogP contribution in [0.15, 0.2) is 11.7 Å². The van der Waals surface area contributed by atoms with Crippen LogP contribution in [0.25, 0.3) is 10.2 Å². The van der Waals surface area contributed by atoms with E-state index in [-0.39, 0.29) is 6.61 Å². The zero-order valence-electron chi connectivity index (χ0n) is 11.2. The summed E-state index contributed by atoms with van der Waals surface area (Å²) in [5.41, 5.74) is 2.31. The monoisotopic (exact) mass is 277 g/mol. The average Bonchev–Trinajstić information content (AvgIpc) is 2.81. The van der Waals surface area contributed by atoms with Gasteiger partial charge in [-0.1, -0.05) is 0 Å². The number of hydrogen-bond acceptors (Lipinski definition) is 5. The van der Waals surface area contributed by atoms with Gasteiger partial charge < -0.3 is 10.0 Å². The van der Waals surface area contributed by atoms with E-state index in [1.165, 1.54) is 23.1 Å². The molecule has 1 saturated heterocycles. The Hall–Kier alpha value is -1.20. The van der Waals surface area contributed by atoms with E-state index < -0.39 is 0 Å². The minimum absolute atomic E-state index is 0.288. The summed E-state index contributed by atoms with van der Waals surface area (Å²) in [5.74, 6) is 1.66. The largest absolute Gasteiger partial charge is 0.396 e. The fourth-order valence-electron chi connectivity index (χ4n) is 2.86. The molecule has 4 nitrogen and oxygen atoms in total. The second-order valence-corrected chi connectivity index (χ2v) is 6.14. The van der Waals surface area contributed by atoms with Crippen LogP contribution in [-0.4, -0.2) is 34.8 Å². The quantitative estimate of drug-likeness (QED) is 0.937. The van der Waals surface area contributed by atoms with Gasteiger partial charge in [-0.25, -0.2) is 9.97 Å². The molecule has 0 amide bonds. The van der Waals surface area contributed by atoms with Crippen molar-refractivity contribution in [3.05, 3.63) is 17.3 Å². The summed E-state index contributed by atoms with van der Waals surface area (Å²) in [5, 5.41) is 11.3. The molecule has 0 aromatic carbocycles. The van der Waals surface area contributed by atoms with Gasteiger partial charge in [0.15, 0.2) is 0 Å². The van der Waals surface area contributed by atoms with E-state index in [1.54, 1.807) is 17.7 Å².